The van der Waals surface area contributed by atoms with E-state index in [4.69, 9.17) is 5.73 Å². The Labute approximate surface area is 100 Å². The van der Waals surface area contributed by atoms with Gasteiger partial charge in [0, 0.05) is 17.1 Å². The molecule has 2 rings (SSSR count). The zero-order chi connectivity index (χ0) is 12.4. The summed E-state index contributed by atoms with van der Waals surface area (Å²) < 4.78 is 1.74. The van der Waals surface area contributed by atoms with Crippen LogP contribution in [0.1, 0.15) is 21.7 Å². The summed E-state index contributed by atoms with van der Waals surface area (Å²) >= 11 is 0. The largest absolute Gasteiger partial charge is 0.398 e. The average Bonchev–Trinajstić information content (AvgIpc) is 2.61. The number of para-hydroxylation sites is 1. The topological polar surface area (TPSA) is 60.0 Å². The summed E-state index contributed by atoms with van der Waals surface area (Å²) in [5, 5.41) is 0. The molecule has 0 radical (unpaired) electrons. The predicted octanol–water partition coefficient (Wildman–Crippen LogP) is 2.07. The van der Waals surface area contributed by atoms with Gasteiger partial charge in [0.2, 0.25) is 0 Å². The van der Waals surface area contributed by atoms with Crippen LogP contribution >= 0.6 is 0 Å². The Balaban J connectivity index is 2.27. The van der Waals surface area contributed by atoms with Crippen molar-refractivity contribution < 1.29 is 4.79 Å². The molecule has 0 unspecified atom stereocenters. The first-order valence-electron chi connectivity index (χ1n) is 5.40. The summed E-state index contributed by atoms with van der Waals surface area (Å²) in [6.45, 7) is 3.86. The van der Waals surface area contributed by atoms with Gasteiger partial charge in [-0.15, -0.1) is 0 Å². The number of nitrogen functional groups attached to an aromatic ring is 1. The normalized spacial score (nSPS) is 10.2. The van der Waals surface area contributed by atoms with E-state index in [9.17, 15) is 4.79 Å². The van der Waals surface area contributed by atoms with Crippen molar-refractivity contribution in [2.24, 2.45) is 0 Å². The van der Waals surface area contributed by atoms with Crippen molar-refractivity contribution in [2.45, 2.75) is 13.8 Å². The van der Waals surface area contributed by atoms with Gasteiger partial charge in [-0.05, 0) is 38.1 Å². The number of nitrogens with zero attached hydrogens (tertiary/aromatic N) is 1. The van der Waals surface area contributed by atoms with E-state index in [2.05, 4.69) is 5.43 Å². The molecule has 0 aliphatic rings. The fraction of sp³-hybridized carbons (Fsp3) is 0.154. The molecule has 0 saturated heterocycles. The molecule has 0 aliphatic heterocycles. The zero-order valence-electron chi connectivity index (χ0n) is 9.90. The van der Waals surface area contributed by atoms with Gasteiger partial charge in [0.15, 0.2) is 0 Å². The summed E-state index contributed by atoms with van der Waals surface area (Å²) in [6, 6.07) is 10.9. The van der Waals surface area contributed by atoms with E-state index in [0.29, 0.717) is 11.3 Å². The molecular formula is C13H15N3O. The molecule has 4 nitrogen and oxygen atoms in total. The van der Waals surface area contributed by atoms with Gasteiger partial charge < -0.3 is 5.73 Å². The van der Waals surface area contributed by atoms with Gasteiger partial charge in [-0.25, -0.2) is 0 Å². The highest BCUT2D eigenvalue weighted by Gasteiger charge is 2.10. The highest BCUT2D eigenvalue weighted by atomic mass is 16.2. The summed E-state index contributed by atoms with van der Waals surface area (Å²) in [7, 11) is 0. The number of aryl methyl sites for hydroxylation is 2. The molecule has 1 aromatic carbocycles. The number of carbonyl (C=O) groups excluding carboxylic acids is 1. The molecule has 1 amide bonds. The van der Waals surface area contributed by atoms with Gasteiger partial charge in [0.1, 0.15) is 0 Å². The number of nitrogens with one attached hydrogen (secondary N) is 1. The Kier molecular flexibility index (Phi) is 2.87. The zero-order valence-corrected chi connectivity index (χ0v) is 9.90. The third-order valence-corrected chi connectivity index (χ3v) is 2.69. The van der Waals surface area contributed by atoms with Crippen molar-refractivity contribution in [1.82, 2.24) is 4.68 Å². The van der Waals surface area contributed by atoms with E-state index < -0.39 is 0 Å². The van der Waals surface area contributed by atoms with Crippen LogP contribution in [0.15, 0.2) is 36.4 Å². The number of carbonyl (C=O) groups is 1. The van der Waals surface area contributed by atoms with Crippen molar-refractivity contribution in [3.8, 4) is 0 Å². The van der Waals surface area contributed by atoms with Crippen molar-refractivity contribution in [1.29, 1.82) is 0 Å². The number of aromatic nitrogens is 1. The van der Waals surface area contributed by atoms with Gasteiger partial charge in [0.05, 0.1) is 5.56 Å². The van der Waals surface area contributed by atoms with E-state index in [1.165, 1.54) is 0 Å². The van der Waals surface area contributed by atoms with Crippen molar-refractivity contribution in [3.05, 3.63) is 53.3 Å². The number of nitrogens with two attached hydrogens (primary N) is 1. The second-order valence-corrected chi connectivity index (χ2v) is 3.98. The lowest BCUT2D eigenvalue weighted by molar-refractivity contribution is 0.101. The van der Waals surface area contributed by atoms with Crippen LogP contribution in [0, 0.1) is 13.8 Å². The lowest BCUT2D eigenvalue weighted by Crippen LogP contribution is -2.25. The Bertz CT molecular complexity index is 538. The lowest BCUT2D eigenvalue weighted by Gasteiger charge is -2.12. The molecule has 0 bridgehead atoms. The quantitative estimate of drug-likeness (QED) is 0.774. The molecular weight excluding hydrogens is 214 g/mol. The SMILES string of the molecule is Cc1ccc(C)n1NC(=O)c1ccccc1N. The number of amides is 1. The fourth-order valence-electron chi connectivity index (χ4n) is 1.71. The molecule has 88 valence electrons. The third kappa shape index (κ3) is 2.15. The molecule has 0 spiro atoms. The van der Waals surface area contributed by atoms with Crippen LogP contribution in [0.5, 0.6) is 0 Å². The minimum absolute atomic E-state index is 0.203. The molecule has 1 heterocycles. The molecule has 17 heavy (non-hydrogen) atoms. The first-order chi connectivity index (χ1) is 8.09. The van der Waals surface area contributed by atoms with E-state index >= 15 is 0 Å². The maximum atomic E-state index is 12.0. The minimum atomic E-state index is -0.203. The van der Waals surface area contributed by atoms with Crippen LogP contribution in [0.3, 0.4) is 0 Å². The van der Waals surface area contributed by atoms with E-state index in [1.807, 2.05) is 26.0 Å². The standard InChI is InChI=1S/C13H15N3O/c1-9-7-8-10(2)16(9)15-13(17)11-5-3-4-6-12(11)14/h3-8H,14H2,1-2H3,(H,15,17). The lowest BCUT2D eigenvalue weighted by atomic mass is 10.2. The smallest absolute Gasteiger partial charge is 0.272 e. The summed E-state index contributed by atoms with van der Waals surface area (Å²) in [6.07, 6.45) is 0. The Morgan fingerprint density at radius 1 is 1.12 bits per heavy atom. The van der Waals surface area contributed by atoms with Gasteiger partial charge in [-0.3, -0.25) is 14.9 Å². The first-order valence-corrected chi connectivity index (χ1v) is 5.40. The highest BCUT2D eigenvalue weighted by Crippen LogP contribution is 2.12. The maximum absolute atomic E-state index is 12.0. The van der Waals surface area contributed by atoms with Crippen LogP contribution < -0.4 is 11.2 Å². The van der Waals surface area contributed by atoms with Crippen LogP contribution in [0.25, 0.3) is 0 Å². The molecule has 0 atom stereocenters. The number of benzene rings is 1. The molecule has 4 heteroatoms. The van der Waals surface area contributed by atoms with Crippen molar-refractivity contribution in [3.63, 3.8) is 0 Å². The number of hydrogen-bond acceptors (Lipinski definition) is 2. The molecule has 0 aliphatic carbocycles. The van der Waals surface area contributed by atoms with Crippen LogP contribution in [-0.4, -0.2) is 10.6 Å². The third-order valence-electron chi connectivity index (χ3n) is 2.69. The van der Waals surface area contributed by atoms with Crippen molar-refractivity contribution in [2.75, 3.05) is 11.2 Å². The van der Waals surface area contributed by atoms with Crippen molar-refractivity contribution >= 4 is 11.6 Å². The number of hydrogen-bond donors (Lipinski definition) is 2. The highest BCUT2D eigenvalue weighted by molar-refractivity contribution is 6.04. The fourth-order valence-corrected chi connectivity index (χ4v) is 1.71. The van der Waals surface area contributed by atoms with Gasteiger partial charge in [0.25, 0.3) is 5.91 Å². The van der Waals surface area contributed by atoms with E-state index in [1.54, 1.807) is 28.9 Å². The first kappa shape index (κ1) is 11.3. The van der Waals surface area contributed by atoms with E-state index in [-0.39, 0.29) is 5.91 Å². The number of anilines is 1. The molecule has 0 fully saturated rings. The molecule has 3 N–H and O–H groups in total. The van der Waals surface area contributed by atoms with Crippen LogP contribution in [0.4, 0.5) is 5.69 Å². The molecule has 0 saturated carbocycles. The summed E-state index contributed by atoms with van der Waals surface area (Å²) in [5.74, 6) is -0.203. The summed E-state index contributed by atoms with van der Waals surface area (Å²) in [5.41, 5.74) is 11.5. The van der Waals surface area contributed by atoms with Gasteiger partial charge in [-0.1, -0.05) is 12.1 Å². The molecule has 1 aromatic heterocycles. The minimum Gasteiger partial charge on any atom is -0.398 e. The summed E-state index contributed by atoms with van der Waals surface area (Å²) in [4.78, 5) is 12.0. The van der Waals surface area contributed by atoms with Crippen LogP contribution in [0.2, 0.25) is 0 Å². The van der Waals surface area contributed by atoms with Crippen LogP contribution in [-0.2, 0) is 0 Å². The monoisotopic (exact) mass is 229 g/mol. The number of rotatable bonds is 2. The Morgan fingerprint density at radius 2 is 1.71 bits per heavy atom. The Morgan fingerprint density at radius 3 is 2.29 bits per heavy atom. The second kappa shape index (κ2) is 4.33. The van der Waals surface area contributed by atoms with E-state index in [0.717, 1.165) is 11.4 Å². The maximum Gasteiger partial charge on any atom is 0.272 e. The second-order valence-electron chi connectivity index (χ2n) is 3.98. The van der Waals surface area contributed by atoms with Gasteiger partial charge >= 0.3 is 0 Å². The average molecular weight is 229 g/mol. The van der Waals surface area contributed by atoms with Gasteiger partial charge in [-0.2, -0.15) is 0 Å². The Hall–Kier alpha value is -2.23. The molecule has 2 aromatic rings. The predicted molar refractivity (Wildman–Crippen MR) is 68.5 cm³/mol.